The molecule has 0 bridgehead atoms. The number of carbonyl (C=O) groups is 1. The topological polar surface area (TPSA) is 51.0 Å². The van der Waals surface area contributed by atoms with Crippen molar-refractivity contribution in [2.75, 3.05) is 0 Å². The van der Waals surface area contributed by atoms with Gasteiger partial charge in [0.2, 0.25) is 0 Å². The van der Waals surface area contributed by atoms with Crippen LogP contribution < -0.4 is 0 Å². The molecule has 0 aliphatic heterocycles. The first-order chi connectivity index (χ1) is 12.5. The molecule has 0 radical (unpaired) electrons. The fourth-order valence-electron chi connectivity index (χ4n) is 3.60. The summed E-state index contributed by atoms with van der Waals surface area (Å²) in [5, 5.41) is 5.35. The molecular formula is C21H24N4O. The second-order valence-corrected chi connectivity index (χ2v) is 7.30. The Labute approximate surface area is 153 Å². The number of aromatic nitrogens is 3. The Morgan fingerprint density at radius 1 is 1.31 bits per heavy atom. The third-order valence-corrected chi connectivity index (χ3v) is 5.36. The number of hydrogen-bond acceptors (Lipinski definition) is 3. The highest BCUT2D eigenvalue weighted by Gasteiger charge is 2.34. The first-order valence-corrected chi connectivity index (χ1v) is 9.19. The highest BCUT2D eigenvalue weighted by atomic mass is 16.2. The molecular weight excluding hydrogens is 324 g/mol. The molecule has 4 rings (SSSR count). The van der Waals surface area contributed by atoms with Gasteiger partial charge in [0.25, 0.3) is 5.91 Å². The van der Waals surface area contributed by atoms with Gasteiger partial charge in [-0.2, -0.15) is 5.10 Å². The summed E-state index contributed by atoms with van der Waals surface area (Å²) < 4.78 is 1.76. The zero-order valence-corrected chi connectivity index (χ0v) is 15.5. The number of benzene rings is 1. The number of fused-ring (bicyclic) bond motifs is 1. The smallest absolute Gasteiger partial charge is 0.255 e. The summed E-state index contributed by atoms with van der Waals surface area (Å²) in [5.41, 5.74) is 3.50. The number of pyridine rings is 1. The van der Waals surface area contributed by atoms with Crippen molar-refractivity contribution in [2.45, 2.75) is 39.3 Å². The molecule has 26 heavy (non-hydrogen) atoms. The van der Waals surface area contributed by atoms with Crippen molar-refractivity contribution in [3.63, 3.8) is 0 Å². The number of rotatable bonds is 5. The molecule has 1 aliphatic carbocycles. The normalized spacial score (nSPS) is 15.2. The summed E-state index contributed by atoms with van der Waals surface area (Å²) in [6.07, 6.45) is 4.10. The Bertz CT molecular complexity index is 943. The minimum atomic E-state index is 0.0471. The first kappa shape index (κ1) is 16.8. The van der Waals surface area contributed by atoms with Crippen molar-refractivity contribution in [1.29, 1.82) is 0 Å². The lowest BCUT2D eigenvalue weighted by Crippen LogP contribution is -2.39. The van der Waals surface area contributed by atoms with Crippen LogP contribution in [0.1, 0.15) is 41.4 Å². The van der Waals surface area contributed by atoms with Gasteiger partial charge in [0, 0.05) is 31.2 Å². The molecule has 3 aromatic rings. The van der Waals surface area contributed by atoms with Crippen LogP contribution >= 0.6 is 0 Å². The molecule has 0 N–H and O–H groups in total. The Hall–Kier alpha value is -2.69. The third kappa shape index (κ3) is 3.09. The van der Waals surface area contributed by atoms with Gasteiger partial charge in [0.15, 0.2) is 5.65 Å². The number of nitrogens with zero attached hydrogens (tertiary/aromatic N) is 4. The summed E-state index contributed by atoms with van der Waals surface area (Å²) >= 11 is 0. The molecule has 0 saturated heterocycles. The number of hydrogen-bond donors (Lipinski definition) is 0. The van der Waals surface area contributed by atoms with Crippen LogP contribution in [0, 0.1) is 12.8 Å². The molecule has 1 fully saturated rings. The molecule has 1 atom stereocenters. The largest absolute Gasteiger partial charge is 0.331 e. The molecule has 1 amide bonds. The average molecular weight is 348 g/mol. The maximum absolute atomic E-state index is 13.3. The summed E-state index contributed by atoms with van der Waals surface area (Å²) in [7, 11) is 1.88. The van der Waals surface area contributed by atoms with E-state index in [-0.39, 0.29) is 11.9 Å². The highest BCUT2D eigenvalue weighted by Crippen LogP contribution is 2.36. The van der Waals surface area contributed by atoms with Crippen LogP contribution in [0.5, 0.6) is 0 Å². The quantitative estimate of drug-likeness (QED) is 0.706. The van der Waals surface area contributed by atoms with Crippen LogP contribution in [0.4, 0.5) is 0 Å². The molecule has 134 valence electrons. The van der Waals surface area contributed by atoms with Crippen molar-refractivity contribution >= 4 is 16.9 Å². The van der Waals surface area contributed by atoms with Gasteiger partial charge in [-0.1, -0.05) is 30.3 Å². The molecule has 0 spiro atoms. The SMILES string of the molecule is Cc1nn(C)c2ncc(C(=O)N(Cc3ccccc3)C(C)C3CC3)cc12. The Balaban J connectivity index is 1.68. The van der Waals surface area contributed by atoms with Crippen molar-refractivity contribution in [3.05, 3.63) is 59.4 Å². The maximum Gasteiger partial charge on any atom is 0.255 e. The maximum atomic E-state index is 13.3. The van der Waals surface area contributed by atoms with Gasteiger partial charge in [-0.25, -0.2) is 4.98 Å². The third-order valence-electron chi connectivity index (χ3n) is 5.36. The zero-order valence-electron chi connectivity index (χ0n) is 15.5. The van der Waals surface area contributed by atoms with Crippen LogP contribution in [-0.4, -0.2) is 31.6 Å². The van der Waals surface area contributed by atoms with E-state index < -0.39 is 0 Å². The van der Waals surface area contributed by atoms with Gasteiger partial charge in [0.05, 0.1) is 11.3 Å². The molecule has 2 aromatic heterocycles. The van der Waals surface area contributed by atoms with E-state index in [4.69, 9.17) is 0 Å². The Morgan fingerprint density at radius 3 is 2.73 bits per heavy atom. The van der Waals surface area contributed by atoms with Crippen molar-refractivity contribution in [3.8, 4) is 0 Å². The molecule has 1 aliphatic rings. The Morgan fingerprint density at radius 2 is 2.04 bits per heavy atom. The number of carbonyl (C=O) groups excluding carboxylic acids is 1. The summed E-state index contributed by atoms with van der Waals surface area (Å²) in [4.78, 5) is 19.8. The standard InChI is InChI=1S/C21H24N4O/c1-14-19-11-18(12-22-20(19)24(3)23-14)21(26)25(15(2)17-9-10-17)13-16-7-5-4-6-8-16/h4-8,11-12,15,17H,9-10,13H2,1-3H3. The zero-order chi connectivity index (χ0) is 18.3. The molecule has 1 unspecified atom stereocenters. The highest BCUT2D eigenvalue weighted by molar-refractivity contribution is 5.97. The van der Waals surface area contributed by atoms with Crippen LogP contribution in [0.15, 0.2) is 42.6 Å². The fraction of sp³-hybridized carbons (Fsp3) is 0.381. The molecule has 1 saturated carbocycles. The molecule has 5 heteroatoms. The van der Waals surface area contributed by atoms with E-state index in [1.54, 1.807) is 10.9 Å². The predicted molar refractivity (Wildman–Crippen MR) is 102 cm³/mol. The molecule has 5 nitrogen and oxygen atoms in total. The van der Waals surface area contributed by atoms with Crippen LogP contribution in [0.3, 0.4) is 0 Å². The second kappa shape index (κ2) is 6.56. The molecule has 1 aromatic carbocycles. The van der Waals surface area contributed by atoms with Crippen molar-refractivity contribution in [1.82, 2.24) is 19.7 Å². The number of aryl methyl sites for hydroxylation is 2. The average Bonchev–Trinajstić information content (AvgIpc) is 3.46. The van der Waals surface area contributed by atoms with Crippen molar-refractivity contribution < 1.29 is 4.79 Å². The van der Waals surface area contributed by atoms with Gasteiger partial charge in [-0.3, -0.25) is 9.48 Å². The van der Waals surface area contributed by atoms with E-state index in [1.165, 1.54) is 12.8 Å². The van der Waals surface area contributed by atoms with E-state index in [0.29, 0.717) is 18.0 Å². The minimum Gasteiger partial charge on any atom is -0.331 e. The van der Waals surface area contributed by atoms with E-state index in [2.05, 4.69) is 29.1 Å². The summed E-state index contributed by atoms with van der Waals surface area (Å²) in [5.74, 6) is 0.658. The summed E-state index contributed by atoms with van der Waals surface area (Å²) in [6, 6.07) is 12.4. The van der Waals surface area contributed by atoms with Gasteiger partial charge in [0.1, 0.15) is 0 Å². The van der Waals surface area contributed by atoms with Crippen LogP contribution in [0.25, 0.3) is 11.0 Å². The first-order valence-electron chi connectivity index (χ1n) is 9.19. The van der Waals surface area contributed by atoms with Crippen molar-refractivity contribution in [2.24, 2.45) is 13.0 Å². The monoisotopic (exact) mass is 348 g/mol. The Kier molecular flexibility index (Phi) is 4.23. The van der Waals surface area contributed by atoms with Gasteiger partial charge >= 0.3 is 0 Å². The van der Waals surface area contributed by atoms with E-state index in [1.807, 2.05) is 43.1 Å². The second-order valence-electron chi connectivity index (χ2n) is 7.30. The lowest BCUT2D eigenvalue weighted by Gasteiger charge is -2.29. The van der Waals surface area contributed by atoms with Gasteiger partial charge in [-0.15, -0.1) is 0 Å². The van der Waals surface area contributed by atoms with E-state index in [9.17, 15) is 4.79 Å². The van der Waals surface area contributed by atoms with Gasteiger partial charge in [-0.05, 0) is 44.2 Å². The molecule has 2 heterocycles. The van der Waals surface area contributed by atoms with Gasteiger partial charge < -0.3 is 4.90 Å². The van der Waals surface area contributed by atoms with Crippen LogP contribution in [0.2, 0.25) is 0 Å². The number of amides is 1. The van der Waals surface area contributed by atoms with E-state index >= 15 is 0 Å². The van der Waals surface area contributed by atoms with Crippen LogP contribution in [-0.2, 0) is 13.6 Å². The van der Waals surface area contributed by atoms with E-state index in [0.717, 1.165) is 22.3 Å². The lowest BCUT2D eigenvalue weighted by molar-refractivity contribution is 0.0654. The lowest BCUT2D eigenvalue weighted by atomic mass is 10.1. The minimum absolute atomic E-state index is 0.0471. The fourth-order valence-corrected chi connectivity index (χ4v) is 3.60. The predicted octanol–water partition coefficient (Wildman–Crippen LogP) is 3.72. The summed E-state index contributed by atoms with van der Waals surface area (Å²) in [6.45, 7) is 4.74.